The third-order valence-electron chi connectivity index (χ3n) is 5.54. The number of ether oxygens (including phenoxy) is 1. The van der Waals surface area contributed by atoms with E-state index in [4.69, 9.17) is 9.15 Å². The average Bonchev–Trinajstić information content (AvgIpc) is 2.67. The first kappa shape index (κ1) is 19.9. The van der Waals surface area contributed by atoms with E-state index in [9.17, 15) is 19.5 Å². The molecule has 28 heavy (non-hydrogen) atoms. The van der Waals surface area contributed by atoms with E-state index in [1.165, 1.54) is 6.07 Å². The lowest BCUT2D eigenvalue weighted by Gasteiger charge is -2.29. The van der Waals surface area contributed by atoms with Crippen LogP contribution in [0, 0.1) is 18.8 Å². The highest BCUT2D eigenvalue weighted by molar-refractivity contribution is 5.89. The minimum Gasteiger partial charge on any atom is -0.550 e. The van der Waals surface area contributed by atoms with Crippen molar-refractivity contribution in [2.75, 3.05) is 13.7 Å². The van der Waals surface area contributed by atoms with Crippen LogP contribution in [0.1, 0.15) is 36.8 Å². The molecule has 0 aliphatic heterocycles. The Balaban J connectivity index is 1.66. The number of benzene rings is 1. The molecular formula is C21H24NO6-. The van der Waals surface area contributed by atoms with Gasteiger partial charge in [0, 0.05) is 29.5 Å². The van der Waals surface area contributed by atoms with Gasteiger partial charge in [-0.1, -0.05) is 0 Å². The van der Waals surface area contributed by atoms with Crippen molar-refractivity contribution in [2.45, 2.75) is 39.0 Å². The van der Waals surface area contributed by atoms with E-state index in [2.05, 4.69) is 5.32 Å². The molecule has 1 aliphatic rings. The molecule has 2 aromatic rings. The first-order valence-corrected chi connectivity index (χ1v) is 9.47. The number of aryl methyl sites for hydroxylation is 1. The Morgan fingerprint density at radius 1 is 1.25 bits per heavy atom. The number of hydrogen-bond donors (Lipinski definition) is 1. The largest absolute Gasteiger partial charge is 0.550 e. The molecular weight excluding hydrogens is 362 g/mol. The van der Waals surface area contributed by atoms with Crippen molar-refractivity contribution in [1.29, 1.82) is 0 Å². The number of rotatable bonds is 6. The van der Waals surface area contributed by atoms with Crippen LogP contribution in [-0.2, 0) is 16.0 Å². The average molecular weight is 386 g/mol. The number of carbonyl (C=O) groups is 2. The molecule has 0 spiro atoms. The van der Waals surface area contributed by atoms with Crippen LogP contribution in [0.25, 0.3) is 11.0 Å². The number of carboxylic acids is 1. The Bertz CT molecular complexity index is 940. The Kier molecular flexibility index (Phi) is 6.02. The monoisotopic (exact) mass is 386 g/mol. The summed E-state index contributed by atoms with van der Waals surface area (Å²) in [7, 11) is 1.55. The number of amides is 1. The Labute approximate surface area is 162 Å². The van der Waals surface area contributed by atoms with Gasteiger partial charge in [-0.2, -0.15) is 0 Å². The SMILES string of the molecule is COc1ccc2c(CC(=O)NCC3CCC(C(=O)[O-])CC3)cc(=O)oc2c1C. The number of aliphatic carboxylic acids is 1. The van der Waals surface area contributed by atoms with Crippen LogP contribution in [0.15, 0.2) is 27.4 Å². The highest BCUT2D eigenvalue weighted by Crippen LogP contribution is 2.29. The van der Waals surface area contributed by atoms with Crippen molar-refractivity contribution in [2.24, 2.45) is 11.8 Å². The predicted octanol–water partition coefficient (Wildman–Crippen LogP) is 1.33. The summed E-state index contributed by atoms with van der Waals surface area (Å²) in [5.41, 5.74) is 1.24. The highest BCUT2D eigenvalue weighted by atomic mass is 16.5. The molecule has 0 saturated heterocycles. The Morgan fingerprint density at radius 2 is 1.96 bits per heavy atom. The number of carboxylic acid groups (broad SMARTS) is 1. The van der Waals surface area contributed by atoms with Crippen molar-refractivity contribution < 1.29 is 23.8 Å². The van der Waals surface area contributed by atoms with Crippen LogP contribution >= 0.6 is 0 Å². The first-order valence-electron chi connectivity index (χ1n) is 9.47. The lowest BCUT2D eigenvalue weighted by Crippen LogP contribution is -2.37. The predicted molar refractivity (Wildman–Crippen MR) is 101 cm³/mol. The van der Waals surface area contributed by atoms with Gasteiger partial charge in [0.05, 0.1) is 13.5 Å². The van der Waals surface area contributed by atoms with Gasteiger partial charge in [0.25, 0.3) is 0 Å². The highest BCUT2D eigenvalue weighted by Gasteiger charge is 2.22. The summed E-state index contributed by atoms with van der Waals surface area (Å²) < 4.78 is 10.6. The Morgan fingerprint density at radius 3 is 2.61 bits per heavy atom. The third-order valence-corrected chi connectivity index (χ3v) is 5.54. The molecule has 0 unspecified atom stereocenters. The van der Waals surface area contributed by atoms with E-state index in [-0.39, 0.29) is 24.2 Å². The summed E-state index contributed by atoms with van der Waals surface area (Å²) in [5.74, 6) is -0.651. The van der Waals surface area contributed by atoms with Crippen molar-refractivity contribution in [3.63, 3.8) is 0 Å². The zero-order valence-electron chi connectivity index (χ0n) is 16.1. The minimum atomic E-state index is -0.982. The summed E-state index contributed by atoms with van der Waals surface area (Å²) in [4.78, 5) is 35.3. The summed E-state index contributed by atoms with van der Waals surface area (Å²) in [5, 5.41) is 14.5. The lowest BCUT2D eigenvalue weighted by atomic mass is 9.82. The molecule has 1 fully saturated rings. The second-order valence-electron chi connectivity index (χ2n) is 7.38. The number of carbonyl (C=O) groups excluding carboxylic acids is 2. The molecule has 0 radical (unpaired) electrons. The van der Waals surface area contributed by atoms with Gasteiger partial charge in [-0.25, -0.2) is 4.79 Å². The molecule has 7 nitrogen and oxygen atoms in total. The topological polar surface area (TPSA) is 109 Å². The van der Waals surface area contributed by atoms with Crippen molar-refractivity contribution >= 4 is 22.8 Å². The van der Waals surface area contributed by atoms with E-state index < -0.39 is 11.6 Å². The molecule has 7 heteroatoms. The first-order chi connectivity index (χ1) is 13.4. The van der Waals surface area contributed by atoms with Crippen molar-refractivity contribution in [1.82, 2.24) is 5.32 Å². The van der Waals surface area contributed by atoms with Crippen LogP contribution in [0.3, 0.4) is 0 Å². The van der Waals surface area contributed by atoms with Crippen LogP contribution in [0.4, 0.5) is 0 Å². The maximum Gasteiger partial charge on any atom is 0.336 e. The maximum atomic E-state index is 12.4. The van der Waals surface area contributed by atoms with E-state index in [0.29, 0.717) is 47.2 Å². The molecule has 150 valence electrons. The fourth-order valence-corrected chi connectivity index (χ4v) is 3.87. The van der Waals surface area contributed by atoms with E-state index in [1.54, 1.807) is 26.2 Å². The molecule has 0 bridgehead atoms. The van der Waals surface area contributed by atoms with Gasteiger partial charge in [0.15, 0.2) is 0 Å². The van der Waals surface area contributed by atoms with Gasteiger partial charge in [-0.05, 0) is 62.1 Å². The number of hydrogen-bond acceptors (Lipinski definition) is 6. The van der Waals surface area contributed by atoms with Crippen LogP contribution in [0.5, 0.6) is 5.75 Å². The van der Waals surface area contributed by atoms with Gasteiger partial charge < -0.3 is 24.4 Å². The normalized spacial score (nSPS) is 19.4. The molecule has 1 aromatic carbocycles. The van der Waals surface area contributed by atoms with Crippen LogP contribution < -0.4 is 20.8 Å². The zero-order chi connectivity index (χ0) is 20.3. The van der Waals surface area contributed by atoms with Gasteiger partial charge in [0.1, 0.15) is 11.3 Å². The molecule has 1 heterocycles. The zero-order valence-corrected chi connectivity index (χ0v) is 16.1. The standard InChI is InChI=1S/C21H25NO6/c1-12-17(27-2)8-7-16-15(10-19(24)28-20(12)16)9-18(23)22-11-13-3-5-14(6-4-13)21(25)26/h7-8,10,13-14H,3-6,9,11H2,1-2H3,(H,22,23)(H,25,26)/p-1. The van der Waals surface area contributed by atoms with Crippen LogP contribution in [0.2, 0.25) is 0 Å². The third kappa shape index (κ3) is 4.35. The number of methoxy groups -OCH3 is 1. The smallest absolute Gasteiger partial charge is 0.336 e. The molecule has 1 saturated carbocycles. The molecule has 0 atom stereocenters. The Hall–Kier alpha value is -2.83. The number of fused-ring (bicyclic) bond motifs is 1. The maximum absolute atomic E-state index is 12.4. The van der Waals surface area contributed by atoms with E-state index >= 15 is 0 Å². The minimum absolute atomic E-state index is 0.0717. The summed E-state index contributed by atoms with van der Waals surface area (Å²) >= 11 is 0. The van der Waals surface area contributed by atoms with Crippen molar-refractivity contribution in [3.8, 4) is 5.75 Å². The van der Waals surface area contributed by atoms with E-state index in [0.717, 1.165) is 12.8 Å². The fourth-order valence-electron chi connectivity index (χ4n) is 3.87. The summed E-state index contributed by atoms with van der Waals surface area (Å²) in [6, 6.07) is 4.92. The second kappa shape index (κ2) is 8.46. The second-order valence-corrected chi connectivity index (χ2v) is 7.38. The lowest BCUT2D eigenvalue weighted by molar-refractivity contribution is -0.312. The fraction of sp³-hybridized carbons (Fsp3) is 0.476. The van der Waals surface area contributed by atoms with Gasteiger partial charge in [-0.15, -0.1) is 0 Å². The van der Waals surface area contributed by atoms with Crippen LogP contribution in [-0.4, -0.2) is 25.5 Å². The molecule has 1 aromatic heterocycles. The van der Waals surface area contributed by atoms with Gasteiger partial charge in [0.2, 0.25) is 5.91 Å². The molecule has 1 aliphatic carbocycles. The van der Waals surface area contributed by atoms with E-state index in [1.807, 2.05) is 0 Å². The quantitative estimate of drug-likeness (QED) is 0.750. The molecule has 3 rings (SSSR count). The summed E-state index contributed by atoms with van der Waals surface area (Å²) in [6.07, 6.45) is 2.77. The molecule has 1 N–H and O–H groups in total. The van der Waals surface area contributed by atoms with Gasteiger partial charge >= 0.3 is 5.63 Å². The molecule has 1 amide bonds. The van der Waals surface area contributed by atoms with Gasteiger partial charge in [-0.3, -0.25) is 4.79 Å². The number of nitrogens with one attached hydrogen (secondary N) is 1. The summed E-state index contributed by atoms with van der Waals surface area (Å²) in [6.45, 7) is 2.31. The van der Waals surface area contributed by atoms with Crippen molar-refractivity contribution in [3.05, 3.63) is 39.7 Å².